The number of nitrogens with zero attached hydrogens (tertiary/aromatic N) is 1. The molecule has 1 aromatic rings. The van der Waals surface area contributed by atoms with Crippen molar-refractivity contribution in [2.45, 2.75) is 44.8 Å². The Kier molecular flexibility index (Phi) is 3.66. The number of fused-ring (bicyclic) bond motifs is 1. The van der Waals surface area contributed by atoms with Gasteiger partial charge in [-0.15, -0.1) is 0 Å². The minimum atomic E-state index is -0.420. The van der Waals surface area contributed by atoms with Gasteiger partial charge in [-0.1, -0.05) is 12.1 Å². The molecule has 0 radical (unpaired) electrons. The van der Waals surface area contributed by atoms with E-state index in [4.69, 9.17) is 10.5 Å². The maximum atomic E-state index is 12.3. The maximum Gasteiger partial charge on any atom is 0.263 e. The van der Waals surface area contributed by atoms with Gasteiger partial charge in [-0.05, 0) is 49.8 Å². The molecule has 2 aliphatic rings. The second-order valence-electron chi connectivity index (χ2n) is 5.76. The van der Waals surface area contributed by atoms with Gasteiger partial charge in [0.05, 0.1) is 0 Å². The van der Waals surface area contributed by atoms with Crippen LogP contribution < -0.4 is 10.5 Å². The summed E-state index contributed by atoms with van der Waals surface area (Å²) in [6.45, 7) is 3.57. The molecule has 2 unspecified atom stereocenters. The monoisotopic (exact) mass is 274 g/mol. The predicted octanol–water partition coefficient (Wildman–Crippen LogP) is 2.02. The Morgan fingerprint density at radius 3 is 2.90 bits per heavy atom. The van der Waals surface area contributed by atoms with Gasteiger partial charge >= 0.3 is 0 Å². The highest BCUT2D eigenvalue weighted by Gasteiger charge is 2.27. The molecule has 1 aromatic carbocycles. The van der Waals surface area contributed by atoms with Crippen LogP contribution >= 0.6 is 0 Å². The first-order chi connectivity index (χ1) is 9.66. The average Bonchev–Trinajstić information content (AvgIpc) is 3.09. The van der Waals surface area contributed by atoms with Crippen LogP contribution in [-0.2, 0) is 11.2 Å². The minimum absolute atomic E-state index is 0.0994. The minimum Gasteiger partial charge on any atom is -0.481 e. The zero-order chi connectivity index (χ0) is 14.1. The van der Waals surface area contributed by atoms with E-state index in [-0.39, 0.29) is 11.9 Å². The number of hydrogen-bond donors (Lipinski definition) is 1. The van der Waals surface area contributed by atoms with Crippen molar-refractivity contribution in [3.8, 4) is 5.75 Å². The lowest BCUT2D eigenvalue weighted by atomic mass is 10.1. The number of hydrogen-bond acceptors (Lipinski definition) is 3. The highest BCUT2D eigenvalue weighted by atomic mass is 16.5. The number of likely N-dealkylation sites (tertiary alicyclic amines) is 1. The van der Waals surface area contributed by atoms with E-state index >= 15 is 0 Å². The fourth-order valence-corrected chi connectivity index (χ4v) is 3.20. The topological polar surface area (TPSA) is 55.6 Å². The summed E-state index contributed by atoms with van der Waals surface area (Å²) in [4.78, 5) is 14.2. The maximum absolute atomic E-state index is 12.3. The van der Waals surface area contributed by atoms with Gasteiger partial charge in [-0.25, -0.2) is 0 Å². The molecule has 0 aromatic heterocycles. The van der Waals surface area contributed by atoms with Crippen LogP contribution in [-0.4, -0.2) is 30.0 Å². The molecular formula is C16H22N2O2. The summed E-state index contributed by atoms with van der Waals surface area (Å²) in [5, 5.41) is 0. The Hall–Kier alpha value is -1.55. The van der Waals surface area contributed by atoms with E-state index in [9.17, 15) is 4.79 Å². The van der Waals surface area contributed by atoms with Gasteiger partial charge in [0.2, 0.25) is 0 Å². The first kappa shape index (κ1) is 13.4. The number of amides is 1. The third kappa shape index (κ3) is 2.40. The molecule has 108 valence electrons. The first-order valence-electron chi connectivity index (χ1n) is 7.49. The number of nitrogens with two attached hydrogens (primary N) is 1. The molecule has 3 rings (SSSR count). The Morgan fingerprint density at radius 2 is 2.15 bits per heavy atom. The molecule has 2 atom stereocenters. The normalized spacial score (nSPS) is 22.7. The molecule has 0 saturated carbocycles. The molecule has 1 fully saturated rings. The summed E-state index contributed by atoms with van der Waals surface area (Å²) < 4.78 is 5.93. The van der Waals surface area contributed by atoms with Crippen molar-refractivity contribution in [2.75, 3.05) is 13.1 Å². The summed E-state index contributed by atoms with van der Waals surface area (Å²) in [5.74, 6) is 0.929. The SMILES string of the molecule is CC(Oc1cccc2c1CCC2N)C(=O)N1CCCC1. The van der Waals surface area contributed by atoms with Crippen LogP contribution in [0, 0.1) is 0 Å². The van der Waals surface area contributed by atoms with E-state index in [1.165, 1.54) is 11.1 Å². The van der Waals surface area contributed by atoms with Gasteiger partial charge in [0.1, 0.15) is 5.75 Å². The van der Waals surface area contributed by atoms with Crippen molar-refractivity contribution in [1.82, 2.24) is 4.90 Å². The number of ether oxygens (including phenoxy) is 1. The molecular weight excluding hydrogens is 252 g/mol. The Balaban J connectivity index is 1.73. The summed E-state index contributed by atoms with van der Waals surface area (Å²) >= 11 is 0. The lowest BCUT2D eigenvalue weighted by Gasteiger charge is -2.22. The van der Waals surface area contributed by atoms with E-state index in [2.05, 4.69) is 6.07 Å². The lowest BCUT2D eigenvalue weighted by molar-refractivity contribution is -0.136. The highest BCUT2D eigenvalue weighted by Crippen LogP contribution is 2.36. The quantitative estimate of drug-likeness (QED) is 0.917. The van der Waals surface area contributed by atoms with Gasteiger partial charge < -0.3 is 15.4 Å². The Labute approximate surface area is 119 Å². The van der Waals surface area contributed by atoms with Crippen molar-refractivity contribution in [3.05, 3.63) is 29.3 Å². The van der Waals surface area contributed by atoms with Crippen LogP contribution in [0.3, 0.4) is 0 Å². The number of carbonyl (C=O) groups excluding carboxylic acids is 1. The number of rotatable bonds is 3. The summed E-state index contributed by atoms with van der Waals surface area (Å²) in [6, 6.07) is 6.09. The number of carbonyl (C=O) groups is 1. The van der Waals surface area contributed by atoms with Gasteiger partial charge in [-0.3, -0.25) is 4.79 Å². The molecule has 1 amide bonds. The van der Waals surface area contributed by atoms with E-state index < -0.39 is 6.10 Å². The molecule has 0 bridgehead atoms. The fourth-order valence-electron chi connectivity index (χ4n) is 3.20. The molecule has 1 aliphatic heterocycles. The van der Waals surface area contributed by atoms with E-state index in [0.29, 0.717) is 0 Å². The van der Waals surface area contributed by atoms with Crippen LogP contribution in [0.25, 0.3) is 0 Å². The molecule has 4 heteroatoms. The second-order valence-corrected chi connectivity index (χ2v) is 5.76. The zero-order valence-electron chi connectivity index (χ0n) is 12.0. The third-order valence-corrected chi connectivity index (χ3v) is 4.34. The Bertz CT molecular complexity index is 509. The van der Waals surface area contributed by atoms with E-state index in [1.54, 1.807) is 0 Å². The highest BCUT2D eigenvalue weighted by molar-refractivity contribution is 5.81. The van der Waals surface area contributed by atoms with Crippen LogP contribution in [0.5, 0.6) is 5.75 Å². The van der Waals surface area contributed by atoms with E-state index in [0.717, 1.165) is 44.5 Å². The first-order valence-corrected chi connectivity index (χ1v) is 7.49. The third-order valence-electron chi connectivity index (χ3n) is 4.34. The van der Waals surface area contributed by atoms with Crippen molar-refractivity contribution in [1.29, 1.82) is 0 Å². The average molecular weight is 274 g/mol. The van der Waals surface area contributed by atoms with Crippen molar-refractivity contribution in [2.24, 2.45) is 5.73 Å². The van der Waals surface area contributed by atoms with Crippen LogP contribution in [0.15, 0.2) is 18.2 Å². The van der Waals surface area contributed by atoms with Gasteiger partial charge in [0.15, 0.2) is 6.10 Å². The summed E-state index contributed by atoms with van der Waals surface area (Å²) in [7, 11) is 0. The summed E-state index contributed by atoms with van der Waals surface area (Å²) in [6.07, 6.45) is 3.69. The zero-order valence-corrected chi connectivity index (χ0v) is 12.0. The van der Waals surface area contributed by atoms with Gasteiger partial charge in [0.25, 0.3) is 5.91 Å². The standard InChI is InChI=1S/C16H22N2O2/c1-11(16(19)18-9-2-3-10-18)20-15-6-4-5-12-13(15)7-8-14(12)17/h4-6,11,14H,2-3,7-10,17H2,1H3. The van der Waals surface area contributed by atoms with Crippen molar-refractivity contribution in [3.63, 3.8) is 0 Å². The molecule has 0 spiro atoms. The number of benzene rings is 1. The summed E-state index contributed by atoms with van der Waals surface area (Å²) in [5.41, 5.74) is 8.43. The van der Waals surface area contributed by atoms with Crippen molar-refractivity contribution < 1.29 is 9.53 Å². The van der Waals surface area contributed by atoms with Crippen molar-refractivity contribution >= 4 is 5.91 Å². The van der Waals surface area contributed by atoms with Crippen LogP contribution in [0.1, 0.15) is 43.4 Å². The molecule has 4 nitrogen and oxygen atoms in total. The molecule has 1 aliphatic carbocycles. The Morgan fingerprint density at radius 1 is 1.40 bits per heavy atom. The van der Waals surface area contributed by atoms with Crippen LogP contribution in [0.2, 0.25) is 0 Å². The molecule has 1 heterocycles. The molecule has 20 heavy (non-hydrogen) atoms. The van der Waals surface area contributed by atoms with E-state index in [1.807, 2.05) is 24.0 Å². The van der Waals surface area contributed by atoms with Gasteiger partial charge in [0, 0.05) is 19.1 Å². The molecule has 1 saturated heterocycles. The largest absolute Gasteiger partial charge is 0.481 e. The lowest BCUT2D eigenvalue weighted by Crippen LogP contribution is -2.38. The molecule has 2 N–H and O–H groups in total. The smallest absolute Gasteiger partial charge is 0.263 e. The van der Waals surface area contributed by atoms with Gasteiger partial charge in [-0.2, -0.15) is 0 Å². The van der Waals surface area contributed by atoms with Crippen LogP contribution in [0.4, 0.5) is 0 Å². The predicted molar refractivity (Wildman–Crippen MR) is 77.6 cm³/mol. The second kappa shape index (κ2) is 5.44. The fraction of sp³-hybridized carbons (Fsp3) is 0.562.